The minimum atomic E-state index is -0.0505. The number of hydrogen-bond acceptors (Lipinski definition) is 4. The second-order valence-corrected chi connectivity index (χ2v) is 7.61. The van der Waals surface area contributed by atoms with Crippen LogP contribution in [0, 0.1) is 6.92 Å². The predicted molar refractivity (Wildman–Crippen MR) is 110 cm³/mol. The first-order chi connectivity index (χ1) is 13.1. The van der Waals surface area contributed by atoms with Crippen molar-refractivity contribution < 1.29 is 5.11 Å². The molecule has 6 heteroatoms. The molecule has 0 unspecified atom stereocenters. The van der Waals surface area contributed by atoms with Gasteiger partial charge in [0.05, 0.1) is 0 Å². The average molecular weight is 425 g/mol. The first kappa shape index (κ1) is 17.9. The molecule has 0 saturated carbocycles. The van der Waals surface area contributed by atoms with Crippen LogP contribution in [0.3, 0.4) is 0 Å². The molecule has 138 valence electrons. The molecule has 3 aromatic rings. The quantitative estimate of drug-likeness (QED) is 0.639. The highest BCUT2D eigenvalue weighted by Crippen LogP contribution is 2.33. The van der Waals surface area contributed by atoms with Crippen LogP contribution in [0.1, 0.15) is 35.0 Å². The van der Waals surface area contributed by atoms with Crippen LogP contribution in [0.25, 0.3) is 5.70 Å². The van der Waals surface area contributed by atoms with Gasteiger partial charge in [0.2, 0.25) is 5.95 Å². The minimum Gasteiger partial charge on any atom is -0.396 e. The molecule has 1 atom stereocenters. The normalized spacial score (nSPS) is 15.8. The average Bonchev–Trinajstić information content (AvgIpc) is 3.09. The van der Waals surface area contributed by atoms with E-state index in [0.717, 1.165) is 33.1 Å². The molecule has 27 heavy (non-hydrogen) atoms. The van der Waals surface area contributed by atoms with Gasteiger partial charge in [-0.2, -0.15) is 10.1 Å². The van der Waals surface area contributed by atoms with Gasteiger partial charge >= 0.3 is 0 Å². The van der Waals surface area contributed by atoms with Gasteiger partial charge in [-0.05, 0) is 42.7 Å². The van der Waals surface area contributed by atoms with Crippen molar-refractivity contribution >= 4 is 27.6 Å². The van der Waals surface area contributed by atoms with E-state index in [1.165, 1.54) is 5.56 Å². The first-order valence-corrected chi connectivity index (χ1v) is 9.81. The lowest BCUT2D eigenvalue weighted by Crippen LogP contribution is -2.20. The molecule has 1 aliphatic rings. The maximum Gasteiger partial charge on any atom is 0.226 e. The first-order valence-electron chi connectivity index (χ1n) is 9.01. The highest BCUT2D eigenvalue weighted by Gasteiger charge is 2.25. The van der Waals surface area contributed by atoms with E-state index < -0.39 is 0 Å². The number of anilines is 1. The van der Waals surface area contributed by atoms with E-state index in [-0.39, 0.29) is 12.6 Å². The summed E-state index contributed by atoms with van der Waals surface area (Å²) in [5.74, 6) is 1.47. The molecule has 0 radical (unpaired) electrons. The van der Waals surface area contributed by atoms with Gasteiger partial charge in [0.25, 0.3) is 0 Å². The second kappa shape index (κ2) is 7.66. The SMILES string of the molecule is Cc1ccc(C2=C[C@@H](c3cccc(Br)c3)n3nc(CCCO)nc3N2)cc1. The molecule has 2 heterocycles. The van der Waals surface area contributed by atoms with Crippen molar-refractivity contribution in [2.24, 2.45) is 0 Å². The predicted octanol–water partition coefficient (Wildman–Crippen LogP) is 4.33. The highest BCUT2D eigenvalue weighted by atomic mass is 79.9. The van der Waals surface area contributed by atoms with Gasteiger partial charge in [0.1, 0.15) is 6.04 Å². The van der Waals surface area contributed by atoms with Gasteiger partial charge in [-0.15, -0.1) is 0 Å². The van der Waals surface area contributed by atoms with Gasteiger partial charge in [-0.3, -0.25) is 0 Å². The molecular formula is C21H21BrN4O. The summed E-state index contributed by atoms with van der Waals surface area (Å²) in [5.41, 5.74) is 4.50. The number of fused-ring (bicyclic) bond motifs is 1. The van der Waals surface area contributed by atoms with E-state index in [2.05, 4.69) is 75.6 Å². The van der Waals surface area contributed by atoms with Crippen LogP contribution in [0.15, 0.2) is 59.1 Å². The van der Waals surface area contributed by atoms with Crippen molar-refractivity contribution in [2.75, 3.05) is 11.9 Å². The molecule has 0 spiro atoms. The molecule has 4 rings (SSSR count). The Kier molecular flexibility index (Phi) is 5.09. The van der Waals surface area contributed by atoms with Crippen LogP contribution in [0.4, 0.5) is 5.95 Å². The third-order valence-corrected chi connectivity index (χ3v) is 5.11. The number of aromatic nitrogens is 3. The Bertz CT molecular complexity index is 978. The number of benzene rings is 2. The Morgan fingerprint density at radius 1 is 1.19 bits per heavy atom. The number of nitrogens with one attached hydrogen (secondary N) is 1. The summed E-state index contributed by atoms with van der Waals surface area (Å²) in [5, 5.41) is 17.2. The number of aliphatic hydroxyl groups is 1. The lowest BCUT2D eigenvalue weighted by molar-refractivity contribution is 0.287. The van der Waals surface area contributed by atoms with Crippen LogP contribution in [0.5, 0.6) is 0 Å². The van der Waals surface area contributed by atoms with Gasteiger partial charge in [-0.1, -0.05) is 57.9 Å². The number of halogens is 1. The topological polar surface area (TPSA) is 63.0 Å². The molecule has 0 bridgehead atoms. The maximum atomic E-state index is 9.11. The van der Waals surface area contributed by atoms with Crippen LogP contribution in [-0.2, 0) is 6.42 Å². The van der Waals surface area contributed by atoms with Gasteiger partial charge < -0.3 is 10.4 Å². The van der Waals surface area contributed by atoms with Crippen LogP contribution in [-0.4, -0.2) is 26.5 Å². The van der Waals surface area contributed by atoms with Crippen molar-refractivity contribution in [3.05, 3.63) is 81.6 Å². The summed E-state index contributed by atoms with van der Waals surface area (Å²) in [6.07, 6.45) is 3.50. The third kappa shape index (κ3) is 3.82. The molecular weight excluding hydrogens is 404 g/mol. The monoisotopic (exact) mass is 424 g/mol. The van der Waals surface area contributed by atoms with Crippen molar-refractivity contribution in [1.29, 1.82) is 0 Å². The Labute approximate surface area is 166 Å². The van der Waals surface area contributed by atoms with E-state index in [1.807, 2.05) is 16.8 Å². The number of aryl methyl sites for hydroxylation is 2. The van der Waals surface area contributed by atoms with Gasteiger partial charge in [-0.25, -0.2) is 4.68 Å². The molecule has 1 aromatic heterocycles. The standard InChI is InChI=1S/C21H21BrN4O/c1-14-7-9-15(10-8-14)18-13-19(16-4-2-5-17(22)12-16)26-21(23-18)24-20(25-26)6-3-11-27/h2,4-5,7-10,12-13,19,27H,3,6,11H2,1H3,(H,23,24,25)/t19-/m0/s1. The molecule has 2 N–H and O–H groups in total. The van der Waals surface area contributed by atoms with Gasteiger partial charge in [0.15, 0.2) is 5.82 Å². The van der Waals surface area contributed by atoms with Crippen molar-refractivity contribution in [1.82, 2.24) is 14.8 Å². The summed E-state index contributed by atoms with van der Waals surface area (Å²) < 4.78 is 2.96. The number of nitrogens with zero attached hydrogens (tertiary/aromatic N) is 3. The fraction of sp³-hybridized carbons (Fsp3) is 0.238. The van der Waals surface area contributed by atoms with E-state index in [4.69, 9.17) is 10.2 Å². The molecule has 1 aliphatic heterocycles. The maximum absolute atomic E-state index is 9.11. The summed E-state index contributed by atoms with van der Waals surface area (Å²) in [7, 11) is 0. The van der Waals surface area contributed by atoms with E-state index in [0.29, 0.717) is 12.8 Å². The zero-order valence-electron chi connectivity index (χ0n) is 15.1. The van der Waals surface area contributed by atoms with Crippen molar-refractivity contribution in [2.45, 2.75) is 25.8 Å². The highest BCUT2D eigenvalue weighted by molar-refractivity contribution is 9.10. The number of hydrogen-bond donors (Lipinski definition) is 2. The molecule has 0 aliphatic carbocycles. The lowest BCUT2D eigenvalue weighted by Gasteiger charge is -2.24. The van der Waals surface area contributed by atoms with E-state index in [1.54, 1.807) is 0 Å². The fourth-order valence-corrected chi connectivity index (χ4v) is 3.63. The molecule has 0 fully saturated rings. The van der Waals surface area contributed by atoms with E-state index >= 15 is 0 Å². The molecule has 2 aromatic carbocycles. The van der Waals surface area contributed by atoms with Gasteiger partial charge in [0, 0.05) is 23.2 Å². The number of allylic oxidation sites excluding steroid dienone is 1. The zero-order chi connectivity index (χ0) is 18.8. The summed E-state index contributed by atoms with van der Waals surface area (Å²) in [4.78, 5) is 4.66. The second-order valence-electron chi connectivity index (χ2n) is 6.69. The Hall–Kier alpha value is -2.44. The van der Waals surface area contributed by atoms with Crippen LogP contribution in [0.2, 0.25) is 0 Å². The molecule has 0 saturated heterocycles. The van der Waals surface area contributed by atoms with Crippen LogP contribution >= 0.6 is 15.9 Å². The lowest BCUT2D eigenvalue weighted by atomic mass is 10.0. The van der Waals surface area contributed by atoms with Crippen molar-refractivity contribution in [3.8, 4) is 0 Å². The van der Waals surface area contributed by atoms with E-state index in [9.17, 15) is 0 Å². The Morgan fingerprint density at radius 3 is 2.74 bits per heavy atom. The Morgan fingerprint density at radius 2 is 2.00 bits per heavy atom. The number of rotatable bonds is 5. The third-order valence-electron chi connectivity index (χ3n) is 4.62. The Balaban J connectivity index is 1.77. The summed E-state index contributed by atoms with van der Waals surface area (Å²) in [6, 6.07) is 16.7. The molecule has 0 amide bonds. The minimum absolute atomic E-state index is 0.0505. The summed E-state index contributed by atoms with van der Waals surface area (Å²) >= 11 is 3.57. The van der Waals surface area contributed by atoms with Crippen LogP contribution < -0.4 is 5.32 Å². The molecule has 5 nitrogen and oxygen atoms in total. The number of aliphatic hydroxyl groups excluding tert-OH is 1. The fourth-order valence-electron chi connectivity index (χ4n) is 3.21. The van der Waals surface area contributed by atoms with Crippen molar-refractivity contribution in [3.63, 3.8) is 0 Å². The zero-order valence-corrected chi connectivity index (χ0v) is 16.6. The smallest absolute Gasteiger partial charge is 0.226 e. The largest absolute Gasteiger partial charge is 0.396 e. The summed E-state index contributed by atoms with van der Waals surface area (Å²) in [6.45, 7) is 2.22.